The maximum atomic E-state index is 12.1. The van der Waals surface area contributed by atoms with Crippen molar-refractivity contribution in [3.05, 3.63) is 82.6 Å². The van der Waals surface area contributed by atoms with Gasteiger partial charge in [-0.15, -0.1) is 0 Å². The number of aliphatic carboxylic acids is 1. The number of hydrogen-bond donors (Lipinski definition) is 1. The molecule has 33 heavy (non-hydrogen) atoms. The number of carbonyl (C=O) groups excluding carboxylic acids is 1. The summed E-state index contributed by atoms with van der Waals surface area (Å²) in [5.74, 6) is -0.251. The predicted octanol–water partition coefficient (Wildman–Crippen LogP) is 5.46. The Balaban J connectivity index is 1.81. The van der Waals surface area contributed by atoms with Gasteiger partial charge in [0.2, 0.25) is 0 Å². The summed E-state index contributed by atoms with van der Waals surface area (Å²) in [4.78, 5) is 30.3. The first-order valence-corrected chi connectivity index (χ1v) is 11.0. The van der Waals surface area contributed by atoms with Gasteiger partial charge < -0.3 is 14.7 Å². The van der Waals surface area contributed by atoms with Crippen molar-refractivity contribution in [3.8, 4) is 11.1 Å². The van der Waals surface area contributed by atoms with Crippen LogP contribution in [-0.4, -0.2) is 41.4 Å². The molecule has 2 aromatic rings. The maximum Gasteiger partial charge on any atom is 0.338 e. The molecule has 6 nitrogen and oxygen atoms in total. The molecule has 1 aliphatic rings. The van der Waals surface area contributed by atoms with E-state index < -0.39 is 5.97 Å². The lowest BCUT2D eigenvalue weighted by molar-refractivity contribution is -0.132. The Labute approximate surface area is 194 Å². The molecule has 1 heterocycles. The highest BCUT2D eigenvalue weighted by atomic mass is 16.5. The van der Waals surface area contributed by atoms with Crippen LogP contribution >= 0.6 is 0 Å². The molecule has 0 radical (unpaired) electrons. The Hall–Kier alpha value is -3.67. The Morgan fingerprint density at radius 1 is 1.12 bits per heavy atom. The van der Waals surface area contributed by atoms with Crippen LogP contribution in [0, 0.1) is 0 Å². The number of carbonyl (C=O) groups is 2. The van der Waals surface area contributed by atoms with E-state index in [1.165, 1.54) is 7.11 Å². The summed E-state index contributed by atoms with van der Waals surface area (Å²) in [5.41, 5.74) is 5.55. The zero-order valence-electron chi connectivity index (χ0n) is 19.6. The number of allylic oxidation sites excluding steroid dienone is 2. The van der Waals surface area contributed by atoms with E-state index in [4.69, 9.17) is 14.8 Å². The topological polar surface area (TPSA) is 79.2 Å². The van der Waals surface area contributed by atoms with E-state index in [-0.39, 0.29) is 5.97 Å². The Morgan fingerprint density at radius 3 is 2.45 bits per heavy atom. The fraction of sp³-hybridized carbons (Fsp3) is 0.296. The van der Waals surface area contributed by atoms with Crippen molar-refractivity contribution in [2.24, 2.45) is 4.99 Å². The molecule has 3 rings (SSSR count). The second kappa shape index (κ2) is 10.8. The number of esters is 1. The zero-order chi connectivity index (χ0) is 24.0. The first-order valence-electron chi connectivity index (χ1n) is 11.0. The van der Waals surface area contributed by atoms with Crippen molar-refractivity contribution in [2.45, 2.75) is 40.2 Å². The van der Waals surface area contributed by atoms with Gasteiger partial charge in [0.25, 0.3) is 0 Å². The van der Waals surface area contributed by atoms with Crippen LogP contribution in [-0.2, 0) is 16.1 Å². The smallest absolute Gasteiger partial charge is 0.338 e. The Morgan fingerprint density at radius 2 is 1.82 bits per heavy atom. The van der Waals surface area contributed by atoms with Gasteiger partial charge >= 0.3 is 11.9 Å². The third kappa shape index (κ3) is 5.77. The van der Waals surface area contributed by atoms with Crippen LogP contribution in [0.3, 0.4) is 0 Å². The minimum atomic E-state index is -0.920. The van der Waals surface area contributed by atoms with Crippen molar-refractivity contribution < 1.29 is 19.4 Å². The molecule has 0 bridgehead atoms. The first kappa shape index (κ1) is 24.0. The van der Waals surface area contributed by atoms with Crippen molar-refractivity contribution in [2.75, 3.05) is 13.7 Å². The molecule has 6 heteroatoms. The van der Waals surface area contributed by atoms with E-state index in [0.717, 1.165) is 46.6 Å². The van der Waals surface area contributed by atoms with Crippen LogP contribution in [0.5, 0.6) is 0 Å². The second-order valence-electron chi connectivity index (χ2n) is 8.13. The summed E-state index contributed by atoms with van der Waals surface area (Å²) in [5, 5.41) is 9.16. The highest BCUT2D eigenvalue weighted by molar-refractivity contribution is 5.97. The normalized spacial score (nSPS) is 15.3. The van der Waals surface area contributed by atoms with Crippen LogP contribution in [0.15, 0.2) is 76.4 Å². The lowest BCUT2D eigenvalue weighted by Crippen LogP contribution is -2.26. The van der Waals surface area contributed by atoms with E-state index in [1.54, 1.807) is 19.1 Å². The third-order valence-corrected chi connectivity index (χ3v) is 5.64. The molecular formula is C27H30N2O4. The van der Waals surface area contributed by atoms with Crippen LogP contribution in [0.1, 0.15) is 49.5 Å². The van der Waals surface area contributed by atoms with E-state index in [2.05, 4.69) is 24.0 Å². The molecule has 0 saturated carbocycles. The molecule has 1 aliphatic heterocycles. The highest BCUT2D eigenvalue weighted by Gasteiger charge is 2.22. The summed E-state index contributed by atoms with van der Waals surface area (Å²) in [7, 11) is 1.39. The Kier molecular flexibility index (Phi) is 7.83. The van der Waals surface area contributed by atoms with Gasteiger partial charge in [0.15, 0.2) is 0 Å². The minimum absolute atomic E-state index is 0.300. The van der Waals surface area contributed by atoms with Crippen molar-refractivity contribution in [3.63, 3.8) is 0 Å². The van der Waals surface area contributed by atoms with Gasteiger partial charge in [-0.25, -0.2) is 14.6 Å². The van der Waals surface area contributed by atoms with Gasteiger partial charge in [0.1, 0.15) is 5.84 Å². The van der Waals surface area contributed by atoms with Gasteiger partial charge in [-0.1, -0.05) is 49.4 Å². The van der Waals surface area contributed by atoms with Crippen LogP contribution in [0.25, 0.3) is 11.1 Å². The van der Waals surface area contributed by atoms with E-state index in [9.17, 15) is 9.59 Å². The van der Waals surface area contributed by atoms with Crippen molar-refractivity contribution in [1.29, 1.82) is 0 Å². The molecule has 0 saturated heterocycles. The molecule has 2 aromatic carbocycles. The number of hydrogen-bond acceptors (Lipinski definition) is 5. The number of aliphatic imine (C=N–C) groups is 1. The monoisotopic (exact) mass is 446 g/mol. The fourth-order valence-electron chi connectivity index (χ4n) is 3.83. The van der Waals surface area contributed by atoms with Crippen LogP contribution in [0.2, 0.25) is 0 Å². The lowest BCUT2D eigenvalue weighted by Gasteiger charge is -2.20. The molecule has 0 atom stereocenters. The van der Waals surface area contributed by atoms with Crippen molar-refractivity contribution >= 4 is 17.8 Å². The molecule has 0 aliphatic carbocycles. The number of carboxylic acids is 1. The number of rotatable bonds is 8. The van der Waals surface area contributed by atoms with Crippen LogP contribution in [0.4, 0.5) is 0 Å². The first-order chi connectivity index (χ1) is 15.8. The number of methoxy groups -OCH3 is 1. The average molecular weight is 447 g/mol. The van der Waals surface area contributed by atoms with Gasteiger partial charge in [-0.05, 0) is 54.7 Å². The zero-order valence-corrected chi connectivity index (χ0v) is 19.6. The number of carboxylic acid groups (broad SMARTS) is 1. The third-order valence-electron chi connectivity index (χ3n) is 5.64. The van der Waals surface area contributed by atoms with Gasteiger partial charge in [0.05, 0.1) is 24.9 Å². The fourth-order valence-corrected chi connectivity index (χ4v) is 3.83. The molecule has 1 N–H and O–H groups in total. The molecule has 172 valence electrons. The number of nitrogens with zero attached hydrogens (tertiary/aromatic N) is 2. The SMILES string of the molecule is CCCC1=N/C(=C(C)/C=C(\C)C(=O)O)CN1Cc1ccc(-c2ccccc2C(=O)OC)cc1. The molecular weight excluding hydrogens is 416 g/mol. The molecule has 0 unspecified atom stereocenters. The van der Waals surface area contributed by atoms with E-state index in [1.807, 2.05) is 37.3 Å². The summed E-state index contributed by atoms with van der Waals surface area (Å²) in [6.45, 7) is 6.98. The quantitative estimate of drug-likeness (QED) is 0.430. The van der Waals surface area contributed by atoms with Crippen LogP contribution < -0.4 is 0 Å². The minimum Gasteiger partial charge on any atom is -0.478 e. The van der Waals surface area contributed by atoms with Gasteiger partial charge in [0, 0.05) is 18.5 Å². The maximum absolute atomic E-state index is 12.1. The molecule has 0 fully saturated rings. The van der Waals surface area contributed by atoms with E-state index in [0.29, 0.717) is 24.2 Å². The standard InChI is InChI=1S/C27H30N2O4/c1-5-8-25-28-24(18(2)15-19(3)26(30)31)17-29(25)16-20-11-13-21(14-12-20)22-9-6-7-10-23(22)27(32)33-4/h6-7,9-15H,5,8,16-17H2,1-4H3,(H,30,31)/b19-15+,24-18+. The summed E-state index contributed by atoms with van der Waals surface area (Å²) >= 11 is 0. The van der Waals surface area contributed by atoms with E-state index >= 15 is 0 Å². The molecule has 0 spiro atoms. The van der Waals surface area contributed by atoms with Gasteiger partial charge in [-0.2, -0.15) is 0 Å². The predicted molar refractivity (Wildman–Crippen MR) is 130 cm³/mol. The largest absolute Gasteiger partial charge is 0.478 e. The highest BCUT2D eigenvalue weighted by Crippen LogP contribution is 2.27. The number of benzene rings is 2. The Bertz CT molecular complexity index is 1130. The number of ether oxygens (including phenoxy) is 1. The summed E-state index contributed by atoms with van der Waals surface area (Å²) < 4.78 is 4.91. The van der Waals surface area contributed by atoms with Gasteiger partial charge in [-0.3, -0.25) is 0 Å². The second-order valence-corrected chi connectivity index (χ2v) is 8.13. The molecule has 0 amide bonds. The van der Waals surface area contributed by atoms with Crippen molar-refractivity contribution in [1.82, 2.24) is 4.90 Å². The number of amidine groups is 1. The molecule has 0 aromatic heterocycles. The summed E-state index contributed by atoms with van der Waals surface area (Å²) in [6, 6.07) is 15.6. The lowest BCUT2D eigenvalue weighted by atomic mass is 9.98. The summed E-state index contributed by atoms with van der Waals surface area (Å²) in [6.07, 6.45) is 3.53. The average Bonchev–Trinajstić information content (AvgIpc) is 3.21.